The Morgan fingerprint density at radius 1 is 1.05 bits per heavy atom. The molecule has 3 aliphatic heterocycles. The summed E-state index contributed by atoms with van der Waals surface area (Å²) >= 11 is 0. The summed E-state index contributed by atoms with van der Waals surface area (Å²) in [5.74, 6) is 2.78. The van der Waals surface area contributed by atoms with Gasteiger partial charge in [-0.2, -0.15) is 0 Å². The van der Waals surface area contributed by atoms with Crippen LogP contribution in [-0.4, -0.2) is 24.8 Å². The highest BCUT2D eigenvalue weighted by Crippen LogP contribution is 2.56. The highest BCUT2D eigenvalue weighted by Gasteiger charge is 2.53. The maximum atomic E-state index is 5.65. The fraction of sp³-hybridized carbons (Fsp3) is 0.647. The Bertz CT molecular complexity index is 570. The van der Waals surface area contributed by atoms with E-state index in [-0.39, 0.29) is 0 Å². The second kappa shape index (κ2) is 3.91. The first-order chi connectivity index (χ1) is 9.88. The van der Waals surface area contributed by atoms with Crippen LogP contribution in [0.2, 0.25) is 0 Å². The smallest absolute Gasteiger partial charge is 0.231 e. The normalized spacial score (nSPS) is 34.5. The Morgan fingerprint density at radius 3 is 2.90 bits per heavy atom. The molecule has 0 aromatic heterocycles. The molecule has 1 aromatic carbocycles. The molecule has 1 saturated carbocycles. The maximum absolute atomic E-state index is 5.65. The van der Waals surface area contributed by atoms with Crippen molar-refractivity contribution in [3.05, 3.63) is 23.3 Å². The number of hydrogen-bond donors (Lipinski definition) is 0. The third-order valence-electron chi connectivity index (χ3n) is 6.06. The molecule has 0 bridgehead atoms. The molecule has 1 aliphatic carbocycles. The van der Waals surface area contributed by atoms with Gasteiger partial charge in [-0.05, 0) is 61.4 Å². The van der Waals surface area contributed by atoms with Crippen molar-refractivity contribution in [1.29, 1.82) is 0 Å². The van der Waals surface area contributed by atoms with Crippen molar-refractivity contribution in [2.24, 2.45) is 5.92 Å². The van der Waals surface area contributed by atoms with E-state index in [1.165, 1.54) is 57.2 Å². The topological polar surface area (TPSA) is 21.7 Å². The van der Waals surface area contributed by atoms with E-state index in [0.717, 1.165) is 17.4 Å². The van der Waals surface area contributed by atoms with Gasteiger partial charge in [-0.15, -0.1) is 0 Å². The van der Waals surface area contributed by atoms with Crippen LogP contribution in [0.1, 0.15) is 43.2 Å². The number of nitrogens with zero attached hydrogens (tertiary/aromatic N) is 1. The number of fused-ring (bicyclic) bond motifs is 2. The molecular weight excluding hydrogens is 250 g/mol. The molecule has 20 heavy (non-hydrogen) atoms. The molecule has 3 heteroatoms. The van der Waals surface area contributed by atoms with Crippen molar-refractivity contribution in [2.45, 2.75) is 44.1 Å². The lowest BCUT2D eigenvalue weighted by Gasteiger charge is -2.49. The minimum Gasteiger partial charge on any atom is -0.454 e. The fourth-order valence-electron chi connectivity index (χ4n) is 5.22. The van der Waals surface area contributed by atoms with Gasteiger partial charge in [0.15, 0.2) is 11.5 Å². The van der Waals surface area contributed by atoms with Crippen LogP contribution in [0, 0.1) is 5.92 Å². The molecule has 0 N–H and O–H groups in total. The zero-order valence-corrected chi connectivity index (χ0v) is 11.9. The fourth-order valence-corrected chi connectivity index (χ4v) is 5.22. The van der Waals surface area contributed by atoms with E-state index in [1.54, 1.807) is 5.56 Å². The Kier molecular flexibility index (Phi) is 2.24. The zero-order chi connectivity index (χ0) is 13.2. The van der Waals surface area contributed by atoms with Gasteiger partial charge in [0, 0.05) is 12.1 Å². The van der Waals surface area contributed by atoms with E-state index in [1.807, 2.05) is 0 Å². The van der Waals surface area contributed by atoms with Gasteiger partial charge in [0.25, 0.3) is 0 Å². The monoisotopic (exact) mass is 271 g/mol. The first-order valence-electron chi connectivity index (χ1n) is 8.06. The molecule has 2 atom stereocenters. The summed E-state index contributed by atoms with van der Waals surface area (Å²) in [4.78, 5) is 2.78. The molecule has 1 aromatic rings. The Hall–Kier alpha value is -1.22. The minimum atomic E-state index is 0.326. The van der Waals surface area contributed by atoms with Gasteiger partial charge < -0.3 is 9.47 Å². The van der Waals surface area contributed by atoms with Crippen molar-refractivity contribution in [3.63, 3.8) is 0 Å². The van der Waals surface area contributed by atoms with E-state index < -0.39 is 0 Å². The van der Waals surface area contributed by atoms with Crippen LogP contribution < -0.4 is 9.47 Å². The molecule has 4 aliphatic rings. The lowest BCUT2D eigenvalue weighted by molar-refractivity contribution is 0.0502. The van der Waals surface area contributed by atoms with Crippen molar-refractivity contribution >= 4 is 0 Å². The van der Waals surface area contributed by atoms with Crippen LogP contribution in [0.3, 0.4) is 0 Å². The third kappa shape index (κ3) is 1.30. The van der Waals surface area contributed by atoms with Gasteiger partial charge in [-0.3, -0.25) is 4.90 Å². The molecule has 3 heterocycles. The van der Waals surface area contributed by atoms with Gasteiger partial charge in [0.2, 0.25) is 6.79 Å². The van der Waals surface area contributed by atoms with Gasteiger partial charge in [-0.25, -0.2) is 0 Å². The zero-order valence-electron chi connectivity index (χ0n) is 11.9. The Balaban J connectivity index is 1.71. The van der Waals surface area contributed by atoms with Crippen LogP contribution in [0.25, 0.3) is 0 Å². The second-order valence-electron chi connectivity index (χ2n) is 6.76. The summed E-state index contributed by atoms with van der Waals surface area (Å²) in [6.07, 6.45) is 8.09. The molecule has 2 fully saturated rings. The van der Waals surface area contributed by atoms with Gasteiger partial charge in [0.05, 0.1) is 0 Å². The van der Waals surface area contributed by atoms with Crippen LogP contribution in [0.15, 0.2) is 12.1 Å². The molecular formula is C17H21NO2. The molecule has 0 amide bonds. The number of benzene rings is 1. The number of rotatable bonds is 0. The third-order valence-corrected chi connectivity index (χ3v) is 6.06. The SMILES string of the molecule is c1c2c(cc3c1OCO3)[C@]13CCCC[C@H]1CCN3CC2. The van der Waals surface area contributed by atoms with E-state index >= 15 is 0 Å². The van der Waals surface area contributed by atoms with Crippen molar-refractivity contribution in [1.82, 2.24) is 4.90 Å². The lowest BCUT2D eigenvalue weighted by atomic mass is 9.66. The van der Waals surface area contributed by atoms with Gasteiger partial charge in [0.1, 0.15) is 0 Å². The minimum absolute atomic E-state index is 0.326. The summed E-state index contributed by atoms with van der Waals surface area (Å²) < 4.78 is 11.2. The van der Waals surface area contributed by atoms with E-state index in [4.69, 9.17) is 9.47 Å². The largest absolute Gasteiger partial charge is 0.454 e. The molecule has 5 rings (SSSR count). The first kappa shape index (κ1) is 11.4. The molecule has 3 nitrogen and oxygen atoms in total. The van der Waals surface area contributed by atoms with E-state index in [9.17, 15) is 0 Å². The average molecular weight is 271 g/mol. The van der Waals surface area contributed by atoms with E-state index in [2.05, 4.69) is 17.0 Å². The van der Waals surface area contributed by atoms with Gasteiger partial charge in [-0.1, -0.05) is 12.8 Å². The standard InChI is InChI=1S/C17H21NO2/c1-2-6-17-13(3-1)5-8-18(17)7-4-12-9-15-16(10-14(12)17)20-11-19-15/h9-10,13H,1-8,11H2/t13-,17-/m0/s1. The highest BCUT2D eigenvalue weighted by molar-refractivity contribution is 5.52. The average Bonchev–Trinajstić information content (AvgIpc) is 3.09. The van der Waals surface area contributed by atoms with Crippen molar-refractivity contribution in [3.8, 4) is 11.5 Å². The summed E-state index contributed by atoms with van der Waals surface area (Å²) in [5, 5.41) is 0. The van der Waals surface area contributed by atoms with Crippen LogP contribution >= 0.6 is 0 Å². The summed E-state index contributed by atoms with van der Waals surface area (Å²) in [5.41, 5.74) is 3.40. The molecule has 106 valence electrons. The van der Waals surface area contributed by atoms with Crippen molar-refractivity contribution in [2.75, 3.05) is 19.9 Å². The molecule has 0 radical (unpaired) electrons. The second-order valence-corrected chi connectivity index (χ2v) is 6.76. The van der Waals surface area contributed by atoms with Gasteiger partial charge >= 0.3 is 0 Å². The van der Waals surface area contributed by atoms with Crippen LogP contribution in [-0.2, 0) is 12.0 Å². The highest BCUT2D eigenvalue weighted by atomic mass is 16.7. The van der Waals surface area contributed by atoms with Crippen LogP contribution in [0.4, 0.5) is 0 Å². The summed E-state index contributed by atoms with van der Waals surface area (Å²) in [6, 6.07) is 4.57. The Labute approximate surface area is 119 Å². The number of hydrogen-bond acceptors (Lipinski definition) is 3. The Morgan fingerprint density at radius 2 is 1.95 bits per heavy atom. The van der Waals surface area contributed by atoms with E-state index in [0.29, 0.717) is 12.3 Å². The molecule has 1 spiro atoms. The molecule has 0 unspecified atom stereocenters. The summed E-state index contributed by atoms with van der Waals surface area (Å²) in [7, 11) is 0. The predicted molar refractivity (Wildman–Crippen MR) is 76.1 cm³/mol. The van der Waals surface area contributed by atoms with Crippen molar-refractivity contribution < 1.29 is 9.47 Å². The lowest BCUT2D eigenvalue weighted by Crippen LogP contribution is -2.50. The predicted octanol–water partition coefficient (Wildman–Crippen LogP) is 3.06. The number of ether oxygens (including phenoxy) is 2. The first-order valence-corrected chi connectivity index (χ1v) is 8.06. The summed E-state index contributed by atoms with van der Waals surface area (Å²) in [6.45, 7) is 2.90. The maximum Gasteiger partial charge on any atom is 0.231 e. The molecule has 1 saturated heterocycles. The van der Waals surface area contributed by atoms with Crippen LogP contribution in [0.5, 0.6) is 11.5 Å². The quantitative estimate of drug-likeness (QED) is 0.724.